The molecule has 0 bridgehead atoms. The van der Waals surface area contributed by atoms with E-state index < -0.39 is 28.4 Å². The minimum atomic E-state index is -3.82. The van der Waals surface area contributed by atoms with Crippen LogP contribution in [0.15, 0.2) is 29.2 Å². The number of sulfonamides is 1. The van der Waals surface area contributed by atoms with Crippen LogP contribution < -0.4 is 16.2 Å². The van der Waals surface area contributed by atoms with Gasteiger partial charge in [-0.3, -0.25) is 25.2 Å². The fourth-order valence-electron chi connectivity index (χ4n) is 1.93. The van der Waals surface area contributed by atoms with Gasteiger partial charge in [0.1, 0.15) is 0 Å². The summed E-state index contributed by atoms with van der Waals surface area (Å²) in [5.41, 5.74) is 5.16. The summed E-state index contributed by atoms with van der Waals surface area (Å²) in [6.45, 7) is 4.66. The molecule has 1 rings (SSSR count). The van der Waals surface area contributed by atoms with Crippen molar-refractivity contribution in [3.63, 3.8) is 0 Å². The molecule has 9 nitrogen and oxygen atoms in total. The van der Waals surface area contributed by atoms with Crippen LogP contribution >= 0.6 is 0 Å². The van der Waals surface area contributed by atoms with Crippen molar-refractivity contribution in [2.45, 2.75) is 32.1 Å². The molecule has 0 heterocycles. The van der Waals surface area contributed by atoms with Crippen molar-refractivity contribution in [2.24, 2.45) is 5.92 Å². The molecular formula is C17H26N4O5S. The van der Waals surface area contributed by atoms with Crippen LogP contribution in [0.25, 0.3) is 0 Å². The van der Waals surface area contributed by atoms with E-state index in [1.54, 1.807) is 19.1 Å². The lowest BCUT2D eigenvalue weighted by Gasteiger charge is -2.17. The van der Waals surface area contributed by atoms with Crippen LogP contribution in [0.5, 0.6) is 0 Å². The van der Waals surface area contributed by atoms with Gasteiger partial charge in [-0.15, -0.1) is 0 Å². The second-order valence-electron chi connectivity index (χ2n) is 6.20. The molecule has 150 valence electrons. The summed E-state index contributed by atoms with van der Waals surface area (Å²) in [5.74, 6) is -1.81. The maximum absolute atomic E-state index is 12.4. The van der Waals surface area contributed by atoms with E-state index in [4.69, 9.17) is 0 Å². The topological polar surface area (TPSA) is 125 Å². The third-order valence-electron chi connectivity index (χ3n) is 3.92. The number of benzene rings is 1. The lowest BCUT2D eigenvalue weighted by molar-refractivity contribution is -0.130. The van der Waals surface area contributed by atoms with Crippen LogP contribution in [0.4, 0.5) is 0 Å². The summed E-state index contributed by atoms with van der Waals surface area (Å²) in [7, 11) is -2.55. The predicted octanol–water partition coefficient (Wildman–Crippen LogP) is -0.0748. The molecule has 0 fully saturated rings. The van der Waals surface area contributed by atoms with Gasteiger partial charge < -0.3 is 5.32 Å². The zero-order valence-electron chi connectivity index (χ0n) is 15.9. The average Bonchev–Trinajstić information content (AvgIpc) is 2.63. The summed E-state index contributed by atoms with van der Waals surface area (Å²) < 4.78 is 25.7. The quantitative estimate of drug-likeness (QED) is 0.529. The van der Waals surface area contributed by atoms with E-state index in [0.717, 1.165) is 9.87 Å². The minimum absolute atomic E-state index is 0.0696. The third kappa shape index (κ3) is 6.99. The zero-order chi connectivity index (χ0) is 20.6. The number of nitrogens with one attached hydrogen (secondary N) is 3. The van der Waals surface area contributed by atoms with Crippen molar-refractivity contribution in [2.75, 3.05) is 20.1 Å². The number of rotatable bonds is 8. The molecule has 0 aliphatic heterocycles. The summed E-state index contributed by atoms with van der Waals surface area (Å²) in [5, 5.41) is 2.44. The van der Waals surface area contributed by atoms with Crippen molar-refractivity contribution < 1.29 is 22.8 Å². The average molecular weight is 398 g/mol. The molecule has 1 unspecified atom stereocenters. The highest BCUT2D eigenvalue weighted by Gasteiger charge is 2.23. The zero-order valence-corrected chi connectivity index (χ0v) is 16.7. The summed E-state index contributed by atoms with van der Waals surface area (Å²) in [6.07, 6.45) is 0.645. The first kappa shape index (κ1) is 22.6. The smallest absolute Gasteiger partial charge is 0.257 e. The molecule has 0 aliphatic carbocycles. The standard InChI is InChI=1S/C17H26N4O5S/c1-5-13(3)17(24)18-10-15(22)19-20-16(23)11-21(4)27(25,26)14-8-6-12(2)7-9-14/h6-9,13H,5,10-11H2,1-4H3,(H,18,24)(H,19,22)(H,20,23). The van der Waals surface area contributed by atoms with Crippen molar-refractivity contribution in [3.05, 3.63) is 29.8 Å². The molecule has 1 aromatic carbocycles. The second kappa shape index (κ2) is 10.0. The van der Waals surface area contributed by atoms with Gasteiger partial charge in [-0.1, -0.05) is 31.5 Å². The van der Waals surface area contributed by atoms with Crippen molar-refractivity contribution in [1.29, 1.82) is 0 Å². The van der Waals surface area contributed by atoms with Crippen LogP contribution in [0.1, 0.15) is 25.8 Å². The van der Waals surface area contributed by atoms with Gasteiger partial charge in [0.25, 0.3) is 11.8 Å². The first-order chi connectivity index (χ1) is 12.6. The molecule has 0 saturated heterocycles. The van der Waals surface area contributed by atoms with Crippen molar-refractivity contribution >= 4 is 27.7 Å². The van der Waals surface area contributed by atoms with Gasteiger partial charge in [0.2, 0.25) is 15.9 Å². The Bertz CT molecular complexity index is 777. The van der Waals surface area contributed by atoms with Gasteiger partial charge in [-0.25, -0.2) is 8.42 Å². The van der Waals surface area contributed by atoms with Gasteiger partial charge in [-0.05, 0) is 25.5 Å². The van der Waals surface area contributed by atoms with E-state index in [-0.39, 0.29) is 23.3 Å². The summed E-state index contributed by atoms with van der Waals surface area (Å²) >= 11 is 0. The molecule has 10 heteroatoms. The van der Waals surface area contributed by atoms with Crippen LogP contribution in [-0.2, 0) is 24.4 Å². The van der Waals surface area contributed by atoms with Crippen LogP contribution in [0.3, 0.4) is 0 Å². The molecule has 0 radical (unpaired) electrons. The highest BCUT2D eigenvalue weighted by molar-refractivity contribution is 7.89. The third-order valence-corrected chi connectivity index (χ3v) is 5.74. The molecule has 3 amide bonds. The van der Waals surface area contributed by atoms with Gasteiger partial charge in [0, 0.05) is 13.0 Å². The van der Waals surface area contributed by atoms with Gasteiger partial charge in [-0.2, -0.15) is 4.31 Å². The van der Waals surface area contributed by atoms with Gasteiger partial charge in [0.05, 0.1) is 18.0 Å². The normalized spacial score (nSPS) is 12.3. The number of likely N-dealkylation sites (N-methyl/N-ethyl adjacent to an activating group) is 1. The number of amides is 3. The number of aryl methyl sites for hydroxylation is 1. The first-order valence-electron chi connectivity index (χ1n) is 8.46. The minimum Gasteiger partial charge on any atom is -0.347 e. The SMILES string of the molecule is CCC(C)C(=O)NCC(=O)NNC(=O)CN(C)S(=O)(=O)c1ccc(C)cc1. The Balaban J connectivity index is 2.48. The van der Waals surface area contributed by atoms with Crippen molar-refractivity contribution in [3.8, 4) is 0 Å². The number of carbonyl (C=O) groups excluding carboxylic acids is 3. The molecule has 0 aromatic heterocycles. The van der Waals surface area contributed by atoms with Crippen LogP contribution in [0.2, 0.25) is 0 Å². The van der Waals surface area contributed by atoms with Gasteiger partial charge >= 0.3 is 0 Å². The highest BCUT2D eigenvalue weighted by atomic mass is 32.2. The Morgan fingerprint density at radius 1 is 1.07 bits per heavy atom. The van der Waals surface area contributed by atoms with E-state index in [2.05, 4.69) is 16.2 Å². The van der Waals surface area contributed by atoms with E-state index in [1.807, 2.05) is 13.8 Å². The van der Waals surface area contributed by atoms with E-state index in [9.17, 15) is 22.8 Å². The molecule has 27 heavy (non-hydrogen) atoms. The first-order valence-corrected chi connectivity index (χ1v) is 9.90. The largest absolute Gasteiger partial charge is 0.347 e. The Morgan fingerprint density at radius 2 is 1.63 bits per heavy atom. The number of nitrogens with zero attached hydrogens (tertiary/aromatic N) is 1. The fourth-order valence-corrected chi connectivity index (χ4v) is 3.05. The Kier molecular flexibility index (Phi) is 8.38. The maximum atomic E-state index is 12.4. The Labute approximate surface area is 159 Å². The van der Waals surface area contributed by atoms with Gasteiger partial charge in [0.15, 0.2) is 0 Å². The molecule has 3 N–H and O–H groups in total. The molecule has 1 aromatic rings. The number of hydrogen-bond donors (Lipinski definition) is 3. The van der Waals surface area contributed by atoms with Crippen molar-refractivity contribution in [1.82, 2.24) is 20.5 Å². The number of hydrogen-bond acceptors (Lipinski definition) is 5. The van der Waals surface area contributed by atoms with E-state index in [0.29, 0.717) is 6.42 Å². The maximum Gasteiger partial charge on any atom is 0.257 e. The number of carbonyl (C=O) groups is 3. The molecule has 1 atom stereocenters. The molecule has 0 spiro atoms. The Morgan fingerprint density at radius 3 is 2.19 bits per heavy atom. The van der Waals surface area contributed by atoms with E-state index in [1.165, 1.54) is 19.2 Å². The lowest BCUT2D eigenvalue weighted by Crippen LogP contribution is -2.49. The summed E-state index contributed by atoms with van der Waals surface area (Å²) in [6, 6.07) is 6.24. The molecule has 0 saturated carbocycles. The second-order valence-corrected chi connectivity index (χ2v) is 8.24. The highest BCUT2D eigenvalue weighted by Crippen LogP contribution is 2.14. The lowest BCUT2D eigenvalue weighted by atomic mass is 10.1. The van der Waals surface area contributed by atoms with E-state index >= 15 is 0 Å². The molecular weight excluding hydrogens is 372 g/mol. The fraction of sp³-hybridized carbons (Fsp3) is 0.471. The van der Waals surface area contributed by atoms with Crippen LogP contribution in [0, 0.1) is 12.8 Å². The number of hydrazine groups is 1. The summed E-state index contributed by atoms with van der Waals surface area (Å²) in [4.78, 5) is 35.1. The van der Waals surface area contributed by atoms with Crippen LogP contribution in [-0.4, -0.2) is 50.6 Å². The Hall–Kier alpha value is -2.46. The monoisotopic (exact) mass is 398 g/mol. The molecule has 0 aliphatic rings. The predicted molar refractivity (Wildman–Crippen MR) is 99.7 cm³/mol.